The number of carbonyl (C=O) groups is 1. The van der Waals surface area contributed by atoms with Crippen LogP contribution in [0.2, 0.25) is 0 Å². The van der Waals surface area contributed by atoms with Crippen LogP contribution in [0.3, 0.4) is 0 Å². The summed E-state index contributed by atoms with van der Waals surface area (Å²) >= 11 is 0. The molecule has 0 aliphatic carbocycles. The van der Waals surface area contributed by atoms with E-state index < -0.39 is 21.7 Å². The number of piperidine rings is 1. The molecule has 1 aromatic rings. The normalized spacial score (nSPS) is 15.9. The van der Waals surface area contributed by atoms with E-state index in [0.717, 1.165) is 18.8 Å². The molecule has 1 heterocycles. The van der Waals surface area contributed by atoms with Gasteiger partial charge < -0.3 is 10.0 Å². The summed E-state index contributed by atoms with van der Waals surface area (Å²) in [6.45, 7) is 2.04. The Bertz CT molecular complexity index is 563. The van der Waals surface area contributed by atoms with Crippen molar-refractivity contribution in [3.8, 4) is 0 Å². The van der Waals surface area contributed by atoms with Crippen molar-refractivity contribution in [2.75, 3.05) is 28.5 Å². The van der Waals surface area contributed by atoms with Gasteiger partial charge in [0.1, 0.15) is 0 Å². The number of hydrogen-bond donors (Lipinski definition) is 2. The molecule has 1 saturated heterocycles. The van der Waals surface area contributed by atoms with Crippen LogP contribution < -0.4 is 9.62 Å². The average molecular weight is 298 g/mol. The van der Waals surface area contributed by atoms with Gasteiger partial charge in [0.15, 0.2) is 5.75 Å². The average Bonchev–Trinajstić information content (AvgIpc) is 2.38. The van der Waals surface area contributed by atoms with Crippen molar-refractivity contribution >= 4 is 27.4 Å². The van der Waals surface area contributed by atoms with Crippen molar-refractivity contribution in [3.63, 3.8) is 0 Å². The van der Waals surface area contributed by atoms with E-state index in [9.17, 15) is 13.2 Å². The number of benzene rings is 1. The Morgan fingerprint density at radius 1 is 1.15 bits per heavy atom. The fraction of sp³-hybridized carbons (Fsp3) is 0.462. The fourth-order valence-corrected chi connectivity index (χ4v) is 3.16. The van der Waals surface area contributed by atoms with Crippen LogP contribution >= 0.6 is 0 Å². The standard InChI is InChI=1S/C13H18N2O4S/c16-13(17)10-20(18,19)14-11-4-6-12(7-5-11)15-8-2-1-3-9-15/h4-7,14H,1-3,8-10H2,(H,16,17). The molecule has 1 aliphatic rings. The molecule has 2 rings (SSSR count). The lowest BCUT2D eigenvalue weighted by atomic mass is 10.1. The highest BCUT2D eigenvalue weighted by molar-refractivity contribution is 7.93. The van der Waals surface area contributed by atoms with E-state index in [4.69, 9.17) is 5.11 Å². The lowest BCUT2D eigenvalue weighted by molar-refractivity contribution is -0.134. The van der Waals surface area contributed by atoms with Crippen molar-refractivity contribution in [1.82, 2.24) is 0 Å². The summed E-state index contributed by atoms with van der Waals surface area (Å²) in [6, 6.07) is 7.01. The Hall–Kier alpha value is -1.76. The molecule has 1 aliphatic heterocycles. The van der Waals surface area contributed by atoms with E-state index in [2.05, 4.69) is 9.62 Å². The quantitative estimate of drug-likeness (QED) is 0.860. The predicted molar refractivity (Wildman–Crippen MR) is 77.6 cm³/mol. The van der Waals surface area contributed by atoms with Crippen LogP contribution in [-0.2, 0) is 14.8 Å². The highest BCUT2D eigenvalue weighted by Crippen LogP contribution is 2.22. The third-order valence-corrected chi connectivity index (χ3v) is 4.35. The third-order valence-electron chi connectivity index (χ3n) is 3.18. The maximum Gasteiger partial charge on any atom is 0.320 e. The van der Waals surface area contributed by atoms with Crippen molar-refractivity contribution in [3.05, 3.63) is 24.3 Å². The SMILES string of the molecule is O=C(O)CS(=O)(=O)Nc1ccc(N2CCCCC2)cc1. The van der Waals surface area contributed by atoms with Gasteiger partial charge in [0.05, 0.1) is 0 Å². The van der Waals surface area contributed by atoms with Gasteiger partial charge in [-0.2, -0.15) is 0 Å². The first-order chi connectivity index (χ1) is 9.46. The molecule has 0 aromatic heterocycles. The van der Waals surface area contributed by atoms with Crippen molar-refractivity contribution in [2.24, 2.45) is 0 Å². The van der Waals surface area contributed by atoms with E-state index in [0.29, 0.717) is 5.69 Å². The number of rotatable bonds is 5. The van der Waals surface area contributed by atoms with E-state index in [1.807, 2.05) is 12.1 Å². The minimum atomic E-state index is -3.83. The highest BCUT2D eigenvalue weighted by atomic mass is 32.2. The molecule has 0 spiro atoms. The van der Waals surface area contributed by atoms with Gasteiger partial charge in [0, 0.05) is 24.5 Å². The molecule has 20 heavy (non-hydrogen) atoms. The molecule has 0 radical (unpaired) electrons. The lowest BCUT2D eigenvalue weighted by Gasteiger charge is -2.28. The second-order valence-corrected chi connectivity index (χ2v) is 6.57. The van der Waals surface area contributed by atoms with Gasteiger partial charge in [0.25, 0.3) is 0 Å². The second kappa shape index (κ2) is 6.13. The topological polar surface area (TPSA) is 86.7 Å². The predicted octanol–water partition coefficient (Wildman–Crippen LogP) is 1.50. The number of sulfonamides is 1. The van der Waals surface area contributed by atoms with Crippen LogP contribution in [0.1, 0.15) is 19.3 Å². The molecule has 1 aromatic carbocycles. The summed E-state index contributed by atoms with van der Waals surface area (Å²) < 4.78 is 25.2. The van der Waals surface area contributed by atoms with Crippen LogP contribution in [0.4, 0.5) is 11.4 Å². The Morgan fingerprint density at radius 3 is 2.30 bits per heavy atom. The molecular weight excluding hydrogens is 280 g/mol. The molecular formula is C13H18N2O4S. The molecule has 0 amide bonds. The minimum Gasteiger partial charge on any atom is -0.480 e. The molecule has 0 bridgehead atoms. The summed E-state index contributed by atoms with van der Waals surface area (Å²) in [7, 11) is -3.83. The van der Waals surface area contributed by atoms with Gasteiger partial charge in [-0.3, -0.25) is 9.52 Å². The summed E-state index contributed by atoms with van der Waals surface area (Å²) in [5.74, 6) is -2.30. The Balaban J connectivity index is 2.02. The van der Waals surface area contributed by atoms with Gasteiger partial charge in [-0.25, -0.2) is 8.42 Å². The third kappa shape index (κ3) is 4.12. The smallest absolute Gasteiger partial charge is 0.320 e. The van der Waals surface area contributed by atoms with Gasteiger partial charge >= 0.3 is 5.97 Å². The highest BCUT2D eigenvalue weighted by Gasteiger charge is 2.16. The lowest BCUT2D eigenvalue weighted by Crippen LogP contribution is -2.29. The molecule has 2 N–H and O–H groups in total. The molecule has 0 unspecified atom stereocenters. The summed E-state index contributed by atoms with van der Waals surface area (Å²) in [6.07, 6.45) is 3.60. The van der Waals surface area contributed by atoms with Crippen molar-refractivity contribution in [2.45, 2.75) is 19.3 Å². The van der Waals surface area contributed by atoms with Crippen LogP contribution in [0.15, 0.2) is 24.3 Å². The minimum absolute atomic E-state index is 0.381. The van der Waals surface area contributed by atoms with Gasteiger partial charge in [-0.1, -0.05) is 0 Å². The number of carboxylic acids is 1. The fourth-order valence-electron chi connectivity index (χ4n) is 2.27. The van der Waals surface area contributed by atoms with E-state index in [-0.39, 0.29) is 0 Å². The molecule has 1 fully saturated rings. The molecule has 7 heteroatoms. The van der Waals surface area contributed by atoms with Crippen LogP contribution in [-0.4, -0.2) is 38.3 Å². The van der Waals surface area contributed by atoms with E-state index >= 15 is 0 Å². The summed E-state index contributed by atoms with van der Waals surface area (Å²) in [4.78, 5) is 12.7. The zero-order chi connectivity index (χ0) is 14.6. The maximum absolute atomic E-state index is 11.5. The Labute approximate surface area is 118 Å². The zero-order valence-corrected chi connectivity index (χ0v) is 11.9. The number of nitrogens with one attached hydrogen (secondary N) is 1. The van der Waals surface area contributed by atoms with Gasteiger partial charge in [-0.15, -0.1) is 0 Å². The number of hydrogen-bond acceptors (Lipinski definition) is 4. The molecule has 0 atom stereocenters. The second-order valence-electron chi connectivity index (χ2n) is 4.85. The van der Waals surface area contributed by atoms with Crippen molar-refractivity contribution in [1.29, 1.82) is 0 Å². The molecule has 6 nitrogen and oxygen atoms in total. The number of carboxylic acid groups (broad SMARTS) is 1. The number of nitrogens with zero attached hydrogens (tertiary/aromatic N) is 1. The Morgan fingerprint density at radius 2 is 1.75 bits per heavy atom. The largest absolute Gasteiger partial charge is 0.480 e. The molecule has 110 valence electrons. The van der Waals surface area contributed by atoms with Crippen LogP contribution in [0.5, 0.6) is 0 Å². The number of aliphatic carboxylic acids is 1. The maximum atomic E-state index is 11.5. The summed E-state index contributed by atoms with van der Waals surface area (Å²) in [5, 5.41) is 8.52. The Kier molecular flexibility index (Phi) is 4.49. The zero-order valence-electron chi connectivity index (χ0n) is 11.1. The van der Waals surface area contributed by atoms with E-state index in [1.165, 1.54) is 19.3 Å². The monoisotopic (exact) mass is 298 g/mol. The summed E-state index contributed by atoms with van der Waals surface area (Å²) in [5.41, 5.74) is 1.44. The van der Waals surface area contributed by atoms with Crippen LogP contribution in [0.25, 0.3) is 0 Å². The molecule has 0 saturated carbocycles. The first kappa shape index (κ1) is 14.6. The number of anilines is 2. The van der Waals surface area contributed by atoms with Gasteiger partial charge in [-0.05, 0) is 43.5 Å². The first-order valence-corrected chi connectivity index (χ1v) is 8.19. The van der Waals surface area contributed by atoms with Crippen molar-refractivity contribution < 1.29 is 18.3 Å². The van der Waals surface area contributed by atoms with Gasteiger partial charge in [0.2, 0.25) is 10.0 Å². The van der Waals surface area contributed by atoms with Crippen LogP contribution in [0, 0.1) is 0 Å². The first-order valence-electron chi connectivity index (χ1n) is 6.53. The van der Waals surface area contributed by atoms with E-state index in [1.54, 1.807) is 12.1 Å².